The molecule has 2 heterocycles. The van der Waals surface area contributed by atoms with Crippen LogP contribution in [0.3, 0.4) is 0 Å². The van der Waals surface area contributed by atoms with E-state index in [2.05, 4.69) is 15.4 Å². The highest BCUT2D eigenvalue weighted by Crippen LogP contribution is 2.37. The summed E-state index contributed by atoms with van der Waals surface area (Å²) in [5.74, 6) is -0.882. The van der Waals surface area contributed by atoms with E-state index in [-0.39, 0.29) is 22.8 Å². The Morgan fingerprint density at radius 2 is 1.74 bits per heavy atom. The topological polar surface area (TPSA) is 59.8 Å². The highest BCUT2D eigenvalue weighted by molar-refractivity contribution is 6.30. The van der Waals surface area contributed by atoms with E-state index < -0.39 is 11.7 Å². The number of nitrogens with zero attached hydrogens (tertiary/aromatic N) is 3. The lowest BCUT2D eigenvalue weighted by atomic mass is 10.0. The monoisotopic (exact) mass is 438 g/mol. The van der Waals surface area contributed by atoms with E-state index in [4.69, 9.17) is 11.6 Å². The lowest BCUT2D eigenvalue weighted by molar-refractivity contribution is -0.115. The summed E-state index contributed by atoms with van der Waals surface area (Å²) < 4.78 is 29.1. The van der Waals surface area contributed by atoms with Gasteiger partial charge in [-0.05, 0) is 59.7 Å². The second-order valence-corrected chi connectivity index (χ2v) is 7.34. The van der Waals surface area contributed by atoms with E-state index in [0.717, 1.165) is 5.56 Å². The number of benzene rings is 2. The van der Waals surface area contributed by atoms with Gasteiger partial charge in [0.25, 0.3) is 0 Å². The Hall–Kier alpha value is -3.58. The molecule has 0 saturated carbocycles. The Labute approximate surface area is 182 Å². The number of pyridine rings is 1. The second-order valence-electron chi connectivity index (χ2n) is 6.90. The van der Waals surface area contributed by atoms with Crippen molar-refractivity contribution in [2.24, 2.45) is 7.05 Å². The molecule has 4 rings (SSSR count). The Morgan fingerprint density at radius 1 is 1.03 bits per heavy atom. The smallest absolute Gasteiger partial charge is 0.230 e. The molecule has 0 aliphatic heterocycles. The fourth-order valence-corrected chi connectivity index (χ4v) is 3.44. The lowest BCUT2D eigenvalue weighted by Crippen LogP contribution is -2.18. The number of hydrogen-bond donors (Lipinski definition) is 1. The molecule has 8 heteroatoms. The van der Waals surface area contributed by atoms with Crippen LogP contribution < -0.4 is 5.32 Å². The molecule has 2 aromatic carbocycles. The number of aryl methyl sites for hydroxylation is 1. The molecule has 0 aliphatic rings. The molecule has 0 bridgehead atoms. The number of carbonyl (C=O) groups excluding carboxylic acids is 1. The Balaban J connectivity index is 1.73. The quantitative estimate of drug-likeness (QED) is 0.462. The first-order valence-corrected chi connectivity index (χ1v) is 9.77. The summed E-state index contributed by atoms with van der Waals surface area (Å²) >= 11 is 5.78. The molecule has 0 fully saturated rings. The van der Waals surface area contributed by atoms with Crippen molar-refractivity contribution in [3.63, 3.8) is 0 Å². The molecular weight excluding hydrogens is 422 g/mol. The summed E-state index contributed by atoms with van der Waals surface area (Å²) in [4.78, 5) is 16.8. The van der Waals surface area contributed by atoms with Crippen LogP contribution in [0.1, 0.15) is 5.56 Å². The summed E-state index contributed by atoms with van der Waals surface area (Å²) in [6.07, 6.45) is 3.09. The zero-order valence-electron chi connectivity index (χ0n) is 16.4. The van der Waals surface area contributed by atoms with Crippen molar-refractivity contribution in [2.45, 2.75) is 6.42 Å². The van der Waals surface area contributed by atoms with Gasteiger partial charge in [-0.1, -0.05) is 17.7 Å². The van der Waals surface area contributed by atoms with E-state index in [1.165, 1.54) is 35.0 Å². The fraction of sp³-hybridized carbons (Fsp3) is 0.0870. The maximum absolute atomic E-state index is 14.1. The third kappa shape index (κ3) is 4.46. The molecule has 0 atom stereocenters. The molecule has 0 saturated heterocycles. The molecule has 0 unspecified atom stereocenters. The van der Waals surface area contributed by atoms with Crippen molar-refractivity contribution in [1.29, 1.82) is 0 Å². The molecule has 0 radical (unpaired) electrons. The van der Waals surface area contributed by atoms with Crippen LogP contribution in [-0.2, 0) is 18.3 Å². The van der Waals surface area contributed by atoms with Crippen molar-refractivity contribution < 1.29 is 13.6 Å². The maximum atomic E-state index is 14.1. The second kappa shape index (κ2) is 8.65. The number of anilines is 1. The molecule has 0 aliphatic carbocycles. The maximum Gasteiger partial charge on any atom is 0.230 e. The standard InChI is InChI=1S/C23H17ClF2N4O/c1-30-23(28-20(31)12-16-2-5-17(24)13-19(16)26)21(14-8-10-27-11-9-14)22(29-30)15-3-6-18(25)7-4-15/h2-11,13H,12H2,1H3,(H,28,31). The molecular formula is C23H17ClF2N4O. The van der Waals surface area contributed by atoms with Crippen molar-refractivity contribution in [3.05, 3.63) is 89.2 Å². The van der Waals surface area contributed by atoms with Gasteiger partial charge in [0.1, 0.15) is 23.1 Å². The highest BCUT2D eigenvalue weighted by Gasteiger charge is 2.21. The Morgan fingerprint density at radius 3 is 2.42 bits per heavy atom. The zero-order chi connectivity index (χ0) is 22.0. The summed E-state index contributed by atoms with van der Waals surface area (Å²) in [7, 11) is 1.69. The average Bonchev–Trinajstić information content (AvgIpc) is 3.07. The minimum Gasteiger partial charge on any atom is -0.310 e. The average molecular weight is 439 g/mol. The summed E-state index contributed by atoms with van der Waals surface area (Å²) in [5, 5.41) is 7.64. The number of hydrogen-bond acceptors (Lipinski definition) is 3. The first-order chi connectivity index (χ1) is 14.9. The minimum atomic E-state index is -0.547. The molecule has 1 N–H and O–H groups in total. The van der Waals surface area contributed by atoms with Crippen molar-refractivity contribution >= 4 is 23.3 Å². The predicted molar refractivity (Wildman–Crippen MR) is 116 cm³/mol. The van der Waals surface area contributed by atoms with E-state index >= 15 is 0 Å². The number of rotatable bonds is 5. The summed E-state index contributed by atoms with van der Waals surface area (Å²) in [5.41, 5.74) is 2.92. The summed E-state index contributed by atoms with van der Waals surface area (Å²) in [6.45, 7) is 0. The molecule has 5 nitrogen and oxygen atoms in total. The number of halogens is 3. The Bertz CT molecular complexity index is 1240. The highest BCUT2D eigenvalue weighted by atomic mass is 35.5. The van der Waals surface area contributed by atoms with Gasteiger partial charge in [-0.2, -0.15) is 5.10 Å². The van der Waals surface area contributed by atoms with Gasteiger partial charge in [0.15, 0.2) is 0 Å². The SMILES string of the molecule is Cn1nc(-c2ccc(F)cc2)c(-c2ccncc2)c1NC(=O)Cc1ccc(Cl)cc1F. The van der Waals surface area contributed by atoms with Crippen LogP contribution in [0.4, 0.5) is 14.6 Å². The van der Waals surface area contributed by atoms with Gasteiger partial charge in [0, 0.05) is 30.0 Å². The molecule has 31 heavy (non-hydrogen) atoms. The zero-order valence-corrected chi connectivity index (χ0v) is 17.2. The van der Waals surface area contributed by atoms with Gasteiger partial charge < -0.3 is 5.32 Å². The number of amides is 1. The summed E-state index contributed by atoms with van der Waals surface area (Å²) in [6, 6.07) is 13.7. The van der Waals surface area contributed by atoms with E-state index in [0.29, 0.717) is 22.6 Å². The number of aromatic nitrogens is 3. The molecule has 2 aromatic heterocycles. The lowest BCUT2D eigenvalue weighted by Gasteiger charge is -2.10. The van der Waals surface area contributed by atoms with Crippen LogP contribution in [0.15, 0.2) is 67.0 Å². The number of carbonyl (C=O) groups is 1. The molecule has 156 valence electrons. The third-order valence-corrected chi connectivity index (χ3v) is 4.99. The fourth-order valence-electron chi connectivity index (χ4n) is 3.28. The van der Waals surface area contributed by atoms with Gasteiger partial charge in [0.2, 0.25) is 5.91 Å². The van der Waals surface area contributed by atoms with Crippen LogP contribution in [0, 0.1) is 11.6 Å². The van der Waals surface area contributed by atoms with E-state index in [9.17, 15) is 13.6 Å². The normalized spacial score (nSPS) is 10.8. The first-order valence-electron chi connectivity index (χ1n) is 9.39. The van der Waals surface area contributed by atoms with Crippen molar-refractivity contribution in [2.75, 3.05) is 5.32 Å². The van der Waals surface area contributed by atoms with Gasteiger partial charge in [-0.3, -0.25) is 14.5 Å². The predicted octanol–water partition coefficient (Wildman–Crippen LogP) is 5.26. The van der Waals surface area contributed by atoms with Gasteiger partial charge in [0.05, 0.1) is 12.0 Å². The van der Waals surface area contributed by atoms with Gasteiger partial charge in [-0.15, -0.1) is 0 Å². The van der Waals surface area contributed by atoms with Gasteiger partial charge >= 0.3 is 0 Å². The molecule has 1 amide bonds. The van der Waals surface area contributed by atoms with Crippen LogP contribution in [-0.4, -0.2) is 20.7 Å². The van der Waals surface area contributed by atoms with Crippen molar-refractivity contribution in [1.82, 2.24) is 14.8 Å². The van der Waals surface area contributed by atoms with E-state index in [1.54, 1.807) is 43.7 Å². The molecule has 0 spiro atoms. The van der Waals surface area contributed by atoms with Gasteiger partial charge in [-0.25, -0.2) is 8.78 Å². The van der Waals surface area contributed by atoms with Crippen LogP contribution in [0.25, 0.3) is 22.4 Å². The van der Waals surface area contributed by atoms with Crippen LogP contribution in [0.2, 0.25) is 5.02 Å². The van der Waals surface area contributed by atoms with Crippen LogP contribution in [0.5, 0.6) is 0 Å². The first kappa shape index (κ1) is 20.7. The van der Waals surface area contributed by atoms with Crippen LogP contribution >= 0.6 is 11.6 Å². The Kier molecular flexibility index (Phi) is 5.77. The third-order valence-electron chi connectivity index (χ3n) is 4.76. The minimum absolute atomic E-state index is 0.171. The van der Waals surface area contributed by atoms with Crippen molar-refractivity contribution in [3.8, 4) is 22.4 Å². The van der Waals surface area contributed by atoms with E-state index in [1.807, 2.05) is 0 Å². The molecule has 4 aromatic rings. The number of nitrogens with one attached hydrogen (secondary N) is 1. The largest absolute Gasteiger partial charge is 0.310 e.